The van der Waals surface area contributed by atoms with Gasteiger partial charge in [-0.3, -0.25) is 0 Å². The molecule has 1 aliphatic carbocycles. The van der Waals surface area contributed by atoms with Crippen LogP contribution in [0.3, 0.4) is 0 Å². The van der Waals surface area contributed by atoms with Crippen LogP contribution in [0.5, 0.6) is 0 Å². The van der Waals surface area contributed by atoms with Gasteiger partial charge in [0.05, 0.1) is 0 Å². The Labute approximate surface area is 53.0 Å². The number of nitrogens with zero attached hydrogens (tertiary/aromatic N) is 1. The second-order valence-corrected chi connectivity index (χ2v) is 2.37. The summed E-state index contributed by atoms with van der Waals surface area (Å²) in [7, 11) is 0. The van der Waals surface area contributed by atoms with Crippen LogP contribution in [0.15, 0.2) is 5.16 Å². The summed E-state index contributed by atoms with van der Waals surface area (Å²) in [4.78, 5) is 0. The van der Waals surface area contributed by atoms with Crippen molar-refractivity contribution in [2.24, 2.45) is 10.9 Å². The summed E-state index contributed by atoms with van der Waals surface area (Å²) in [6, 6.07) is 0. The molecule has 0 radical (unpaired) electrons. The summed E-state index contributed by atoms with van der Waals surface area (Å²) in [5.41, 5.74) is 4.17. The molecule has 4 heteroatoms. The predicted octanol–water partition coefficient (Wildman–Crippen LogP) is -0.352. The van der Waals surface area contributed by atoms with E-state index in [0.717, 1.165) is 6.42 Å². The highest BCUT2D eigenvalue weighted by molar-refractivity contribution is 5.89. The first-order valence-electron chi connectivity index (χ1n) is 2.89. The van der Waals surface area contributed by atoms with Gasteiger partial charge in [0.2, 0.25) is 0 Å². The molecule has 1 saturated carbocycles. The number of oxime groups is 1. The van der Waals surface area contributed by atoms with Gasteiger partial charge in [-0.15, -0.1) is 0 Å². The van der Waals surface area contributed by atoms with Crippen LogP contribution >= 0.6 is 0 Å². The Balaban J connectivity index is 2.59. The fourth-order valence-corrected chi connectivity index (χ4v) is 0.861. The van der Waals surface area contributed by atoms with Gasteiger partial charge in [-0.1, -0.05) is 5.16 Å². The molecule has 1 fully saturated rings. The van der Waals surface area contributed by atoms with Crippen LogP contribution in [-0.2, 0) is 0 Å². The number of hydrogen-bond donors (Lipinski definition) is 3. The Morgan fingerprint density at radius 3 is 2.22 bits per heavy atom. The summed E-state index contributed by atoms with van der Waals surface area (Å²) in [5, 5.41) is 20.1. The van der Waals surface area contributed by atoms with Crippen LogP contribution in [0.4, 0.5) is 0 Å². The van der Waals surface area contributed by atoms with Crippen molar-refractivity contribution < 1.29 is 10.3 Å². The largest absolute Gasteiger partial charge is 0.409 e. The topological polar surface area (TPSA) is 78.8 Å². The fraction of sp³-hybridized carbons (Fsp3) is 0.800. The highest BCUT2D eigenvalue weighted by atomic mass is 16.4. The first-order valence-corrected chi connectivity index (χ1v) is 2.89. The second kappa shape index (κ2) is 1.88. The third-order valence-electron chi connectivity index (χ3n) is 1.77. The van der Waals surface area contributed by atoms with E-state index in [1.54, 1.807) is 0 Å². The quantitative estimate of drug-likeness (QED) is 0.196. The van der Waals surface area contributed by atoms with Crippen LogP contribution in [-0.4, -0.2) is 21.8 Å². The van der Waals surface area contributed by atoms with Crippen molar-refractivity contribution in [3.05, 3.63) is 0 Å². The van der Waals surface area contributed by atoms with E-state index in [2.05, 4.69) is 5.16 Å². The summed E-state index contributed by atoms with van der Waals surface area (Å²) < 4.78 is 0. The zero-order valence-electron chi connectivity index (χ0n) is 5.04. The Morgan fingerprint density at radius 1 is 1.56 bits per heavy atom. The molecular weight excluding hydrogens is 120 g/mol. The van der Waals surface area contributed by atoms with E-state index < -0.39 is 5.60 Å². The molecule has 0 saturated heterocycles. The normalized spacial score (nSPS) is 25.2. The van der Waals surface area contributed by atoms with Crippen LogP contribution < -0.4 is 5.73 Å². The first-order chi connectivity index (χ1) is 4.19. The molecule has 0 amide bonds. The van der Waals surface area contributed by atoms with E-state index >= 15 is 0 Å². The van der Waals surface area contributed by atoms with Crippen molar-refractivity contribution >= 4 is 5.84 Å². The van der Waals surface area contributed by atoms with Gasteiger partial charge in [-0.05, 0) is 19.3 Å². The van der Waals surface area contributed by atoms with Gasteiger partial charge in [0.25, 0.3) is 0 Å². The average molecular weight is 130 g/mol. The van der Waals surface area contributed by atoms with Gasteiger partial charge in [0.15, 0.2) is 5.84 Å². The molecular formula is C5H10N2O2. The van der Waals surface area contributed by atoms with Crippen LogP contribution in [0.1, 0.15) is 19.3 Å². The Morgan fingerprint density at radius 2 is 2.11 bits per heavy atom. The van der Waals surface area contributed by atoms with E-state index in [-0.39, 0.29) is 5.84 Å². The number of hydrogen-bond acceptors (Lipinski definition) is 3. The highest BCUT2D eigenvalue weighted by Crippen LogP contribution is 2.31. The summed E-state index contributed by atoms with van der Waals surface area (Å²) >= 11 is 0. The lowest BCUT2D eigenvalue weighted by Crippen LogP contribution is -2.49. The van der Waals surface area contributed by atoms with Crippen molar-refractivity contribution in [2.75, 3.05) is 0 Å². The standard InChI is InChI=1S/C5H10N2O2/c6-4(7-9)5(8)2-1-3-5/h8-9H,1-3H2,(H2,6,7). The molecule has 0 spiro atoms. The smallest absolute Gasteiger partial charge is 0.171 e. The van der Waals surface area contributed by atoms with Gasteiger partial charge >= 0.3 is 0 Å². The molecule has 4 nitrogen and oxygen atoms in total. The van der Waals surface area contributed by atoms with Crippen LogP contribution in [0.2, 0.25) is 0 Å². The molecule has 0 heterocycles. The summed E-state index contributed by atoms with van der Waals surface area (Å²) in [5.74, 6) is -0.0613. The SMILES string of the molecule is N/C(=N\O)C1(O)CCC1. The molecule has 9 heavy (non-hydrogen) atoms. The number of amidine groups is 1. The van der Waals surface area contributed by atoms with Crippen molar-refractivity contribution in [2.45, 2.75) is 24.9 Å². The summed E-state index contributed by atoms with van der Waals surface area (Å²) in [6.07, 6.45) is 2.18. The molecule has 0 unspecified atom stereocenters. The molecule has 52 valence electrons. The number of nitrogens with two attached hydrogens (primary N) is 1. The molecule has 0 aliphatic heterocycles. The maximum absolute atomic E-state index is 9.26. The van der Waals surface area contributed by atoms with Crippen LogP contribution in [0.25, 0.3) is 0 Å². The molecule has 0 aromatic carbocycles. The lowest BCUT2D eigenvalue weighted by molar-refractivity contribution is 0.0298. The fourth-order valence-electron chi connectivity index (χ4n) is 0.861. The molecule has 0 aromatic heterocycles. The minimum Gasteiger partial charge on any atom is -0.409 e. The number of aliphatic hydroxyl groups is 1. The zero-order valence-corrected chi connectivity index (χ0v) is 5.04. The highest BCUT2D eigenvalue weighted by Gasteiger charge is 2.38. The maximum atomic E-state index is 9.26. The third-order valence-corrected chi connectivity index (χ3v) is 1.77. The maximum Gasteiger partial charge on any atom is 0.171 e. The molecule has 1 rings (SSSR count). The van der Waals surface area contributed by atoms with Crippen LogP contribution in [0, 0.1) is 0 Å². The lowest BCUT2D eigenvalue weighted by Gasteiger charge is -2.34. The average Bonchev–Trinajstić information content (AvgIpc) is 1.81. The van der Waals surface area contributed by atoms with Gasteiger partial charge in [0, 0.05) is 0 Å². The molecule has 0 bridgehead atoms. The Hall–Kier alpha value is -0.770. The molecule has 4 N–H and O–H groups in total. The predicted molar refractivity (Wildman–Crippen MR) is 32.2 cm³/mol. The van der Waals surface area contributed by atoms with Gasteiger partial charge in [0.1, 0.15) is 5.60 Å². The van der Waals surface area contributed by atoms with Gasteiger partial charge in [-0.25, -0.2) is 0 Å². The van der Waals surface area contributed by atoms with E-state index in [9.17, 15) is 5.11 Å². The monoisotopic (exact) mass is 130 g/mol. The first kappa shape index (κ1) is 6.35. The van der Waals surface area contributed by atoms with E-state index in [4.69, 9.17) is 10.9 Å². The molecule has 0 aromatic rings. The minimum absolute atomic E-state index is 0.0613. The van der Waals surface area contributed by atoms with Crippen molar-refractivity contribution in [3.8, 4) is 0 Å². The van der Waals surface area contributed by atoms with E-state index in [1.165, 1.54) is 0 Å². The third kappa shape index (κ3) is 0.853. The van der Waals surface area contributed by atoms with Gasteiger partial charge in [-0.2, -0.15) is 0 Å². The molecule has 0 atom stereocenters. The lowest BCUT2D eigenvalue weighted by atomic mass is 9.79. The van der Waals surface area contributed by atoms with E-state index in [0.29, 0.717) is 12.8 Å². The van der Waals surface area contributed by atoms with Crippen molar-refractivity contribution in [1.29, 1.82) is 0 Å². The summed E-state index contributed by atoms with van der Waals surface area (Å²) in [6.45, 7) is 0. The van der Waals surface area contributed by atoms with Crippen molar-refractivity contribution in [1.82, 2.24) is 0 Å². The second-order valence-electron chi connectivity index (χ2n) is 2.37. The van der Waals surface area contributed by atoms with Gasteiger partial charge < -0.3 is 16.0 Å². The van der Waals surface area contributed by atoms with E-state index in [1.807, 2.05) is 0 Å². The number of rotatable bonds is 1. The minimum atomic E-state index is -0.991. The zero-order chi connectivity index (χ0) is 6.91. The Bertz CT molecular complexity index is 140. The van der Waals surface area contributed by atoms with Crippen molar-refractivity contribution in [3.63, 3.8) is 0 Å². The molecule has 1 aliphatic rings. The Kier molecular flexibility index (Phi) is 1.32.